The first kappa shape index (κ1) is 23.2. The number of unbranched alkanes of at least 4 members (excludes halogenated alkanes) is 7. The number of hydrogen-bond donors (Lipinski definition) is 0. The molecule has 0 fully saturated rings. The number of benzene rings is 1. The molecule has 0 saturated carbocycles. The van der Waals surface area contributed by atoms with Crippen LogP contribution in [0.1, 0.15) is 89.7 Å². The molecule has 1 rings (SSSR count). The monoisotopic (exact) mass is 362 g/mol. The maximum atomic E-state index is 5.58. The van der Waals surface area contributed by atoms with Crippen molar-refractivity contribution in [1.82, 2.24) is 0 Å². The van der Waals surface area contributed by atoms with Crippen LogP contribution in [0.5, 0.6) is 0 Å². The van der Waals surface area contributed by atoms with Crippen LogP contribution in [0.4, 0.5) is 0 Å². The van der Waals surface area contributed by atoms with Gasteiger partial charge in [0.2, 0.25) is 0 Å². The van der Waals surface area contributed by atoms with E-state index < -0.39 is 0 Å². The van der Waals surface area contributed by atoms with Gasteiger partial charge in [0.1, 0.15) is 0 Å². The normalized spacial score (nSPS) is 11.8. The fourth-order valence-electron chi connectivity index (χ4n) is 3.17. The number of rotatable bonds is 15. The molecule has 0 atom stereocenters. The third-order valence-corrected chi connectivity index (χ3v) is 4.96. The van der Waals surface area contributed by atoms with Crippen LogP contribution >= 0.6 is 0 Å². The highest BCUT2D eigenvalue weighted by Gasteiger charge is 2.12. The Kier molecular flexibility index (Phi) is 12.7. The third-order valence-electron chi connectivity index (χ3n) is 4.96. The first-order valence-corrected chi connectivity index (χ1v) is 10.7. The van der Waals surface area contributed by atoms with Gasteiger partial charge in [-0.1, -0.05) is 83.6 Å². The molecule has 0 radical (unpaired) electrons. The Labute approximate surface area is 162 Å². The quantitative estimate of drug-likeness (QED) is 0.323. The highest BCUT2D eigenvalue weighted by atomic mass is 16.5. The van der Waals surface area contributed by atoms with Crippen molar-refractivity contribution in [2.75, 3.05) is 26.9 Å². The maximum Gasteiger partial charge on any atom is 0.0487 e. The largest absolute Gasteiger partial charge is 0.385 e. The van der Waals surface area contributed by atoms with E-state index in [1.807, 2.05) is 0 Å². The Morgan fingerprint density at radius 3 is 1.77 bits per heavy atom. The lowest BCUT2D eigenvalue weighted by Crippen LogP contribution is -2.10. The lowest BCUT2D eigenvalue weighted by atomic mass is 9.86. The molecule has 0 amide bonds. The molecule has 1 aromatic rings. The van der Waals surface area contributed by atoms with Crippen LogP contribution in [-0.4, -0.2) is 26.9 Å². The van der Waals surface area contributed by atoms with E-state index in [2.05, 4.69) is 45.0 Å². The molecule has 150 valence electrons. The van der Waals surface area contributed by atoms with Crippen molar-refractivity contribution < 1.29 is 9.47 Å². The molecular weight excluding hydrogens is 320 g/mol. The van der Waals surface area contributed by atoms with Gasteiger partial charge in [0.05, 0.1) is 0 Å². The van der Waals surface area contributed by atoms with E-state index in [0.29, 0.717) is 0 Å². The van der Waals surface area contributed by atoms with E-state index in [1.165, 1.54) is 68.9 Å². The topological polar surface area (TPSA) is 18.5 Å². The number of ether oxygens (including phenoxy) is 2. The second-order valence-electron chi connectivity index (χ2n) is 8.48. The summed E-state index contributed by atoms with van der Waals surface area (Å²) in [5.41, 5.74) is 3.18. The van der Waals surface area contributed by atoms with Gasteiger partial charge in [0, 0.05) is 26.9 Å². The van der Waals surface area contributed by atoms with E-state index in [-0.39, 0.29) is 5.41 Å². The predicted molar refractivity (Wildman–Crippen MR) is 113 cm³/mol. The fourth-order valence-corrected chi connectivity index (χ4v) is 3.17. The van der Waals surface area contributed by atoms with Crippen LogP contribution in [-0.2, 0) is 21.3 Å². The summed E-state index contributed by atoms with van der Waals surface area (Å²) in [6.45, 7) is 9.39. The van der Waals surface area contributed by atoms with Crippen LogP contribution in [0.15, 0.2) is 24.3 Å². The standard InChI is InChI=1S/C24H42O2/c1-24(2,3)23-17-15-22(16-18-23)14-11-9-7-5-6-8-10-12-20-26-21-13-19-25-4/h15-18H,5-14,19-21H2,1-4H3. The molecule has 1 aromatic carbocycles. The molecule has 2 heteroatoms. The molecule has 0 aliphatic heterocycles. The molecule has 2 nitrogen and oxygen atoms in total. The van der Waals surface area contributed by atoms with Crippen molar-refractivity contribution in [3.05, 3.63) is 35.4 Å². The van der Waals surface area contributed by atoms with E-state index in [9.17, 15) is 0 Å². The zero-order chi connectivity index (χ0) is 19.1. The van der Waals surface area contributed by atoms with Gasteiger partial charge >= 0.3 is 0 Å². The van der Waals surface area contributed by atoms with Gasteiger partial charge in [-0.05, 0) is 42.2 Å². The molecule has 0 spiro atoms. The smallest absolute Gasteiger partial charge is 0.0487 e. The Morgan fingerprint density at radius 2 is 1.19 bits per heavy atom. The van der Waals surface area contributed by atoms with E-state index >= 15 is 0 Å². The summed E-state index contributed by atoms with van der Waals surface area (Å²) < 4.78 is 10.6. The number of hydrogen-bond acceptors (Lipinski definition) is 2. The van der Waals surface area contributed by atoms with E-state index in [0.717, 1.165) is 26.2 Å². The van der Waals surface area contributed by atoms with Crippen molar-refractivity contribution in [2.45, 2.75) is 90.4 Å². The summed E-state index contributed by atoms with van der Waals surface area (Å²) in [6.07, 6.45) is 12.9. The average Bonchev–Trinajstić information content (AvgIpc) is 2.61. The van der Waals surface area contributed by atoms with Crippen molar-refractivity contribution in [3.63, 3.8) is 0 Å². The molecule has 0 N–H and O–H groups in total. The summed E-state index contributed by atoms with van der Waals surface area (Å²) in [4.78, 5) is 0. The maximum absolute atomic E-state index is 5.58. The fraction of sp³-hybridized carbons (Fsp3) is 0.750. The molecule has 0 saturated heterocycles. The second kappa shape index (κ2) is 14.2. The van der Waals surface area contributed by atoms with Gasteiger partial charge in [0.15, 0.2) is 0 Å². The molecule has 0 aliphatic rings. The number of aryl methyl sites for hydroxylation is 1. The lowest BCUT2D eigenvalue weighted by molar-refractivity contribution is 0.100. The van der Waals surface area contributed by atoms with Gasteiger partial charge in [0.25, 0.3) is 0 Å². The zero-order valence-electron chi connectivity index (χ0n) is 17.8. The van der Waals surface area contributed by atoms with Gasteiger partial charge < -0.3 is 9.47 Å². The van der Waals surface area contributed by atoms with Gasteiger partial charge in [-0.25, -0.2) is 0 Å². The first-order chi connectivity index (χ1) is 12.5. The number of methoxy groups -OCH3 is 1. The zero-order valence-corrected chi connectivity index (χ0v) is 17.8. The van der Waals surface area contributed by atoms with Crippen LogP contribution in [0, 0.1) is 0 Å². The van der Waals surface area contributed by atoms with Crippen LogP contribution in [0.2, 0.25) is 0 Å². The average molecular weight is 363 g/mol. The van der Waals surface area contributed by atoms with Crippen LogP contribution in [0.3, 0.4) is 0 Å². The highest BCUT2D eigenvalue weighted by Crippen LogP contribution is 2.22. The summed E-state index contributed by atoms with van der Waals surface area (Å²) in [5, 5.41) is 0. The molecule has 0 bridgehead atoms. The van der Waals surface area contributed by atoms with Crippen molar-refractivity contribution in [1.29, 1.82) is 0 Å². The molecule has 26 heavy (non-hydrogen) atoms. The summed E-state index contributed by atoms with van der Waals surface area (Å²) in [7, 11) is 1.74. The van der Waals surface area contributed by atoms with Gasteiger partial charge in [-0.3, -0.25) is 0 Å². The Morgan fingerprint density at radius 1 is 0.654 bits per heavy atom. The summed E-state index contributed by atoms with van der Waals surface area (Å²) >= 11 is 0. The third kappa shape index (κ3) is 11.7. The first-order valence-electron chi connectivity index (χ1n) is 10.7. The molecule has 0 aliphatic carbocycles. The predicted octanol–water partition coefficient (Wildman–Crippen LogP) is 6.70. The van der Waals surface area contributed by atoms with Crippen molar-refractivity contribution in [2.24, 2.45) is 0 Å². The van der Waals surface area contributed by atoms with E-state index in [1.54, 1.807) is 7.11 Å². The molecule has 0 aromatic heterocycles. The van der Waals surface area contributed by atoms with Crippen LogP contribution < -0.4 is 0 Å². The summed E-state index contributed by atoms with van der Waals surface area (Å²) in [6, 6.07) is 9.24. The van der Waals surface area contributed by atoms with Gasteiger partial charge in [-0.15, -0.1) is 0 Å². The van der Waals surface area contributed by atoms with Crippen LogP contribution in [0.25, 0.3) is 0 Å². The minimum absolute atomic E-state index is 0.259. The molecule has 0 unspecified atom stereocenters. The van der Waals surface area contributed by atoms with Crippen molar-refractivity contribution in [3.8, 4) is 0 Å². The lowest BCUT2D eigenvalue weighted by Gasteiger charge is -2.19. The molecule has 0 heterocycles. The Hall–Kier alpha value is -0.860. The van der Waals surface area contributed by atoms with Gasteiger partial charge in [-0.2, -0.15) is 0 Å². The Bertz CT molecular complexity index is 431. The van der Waals surface area contributed by atoms with E-state index in [4.69, 9.17) is 9.47 Å². The SMILES string of the molecule is COCCCOCCCCCCCCCCc1ccc(C(C)(C)C)cc1. The second-order valence-corrected chi connectivity index (χ2v) is 8.48. The minimum atomic E-state index is 0.259. The minimum Gasteiger partial charge on any atom is -0.385 e. The molecular formula is C24H42O2. The Balaban J connectivity index is 1.89. The highest BCUT2D eigenvalue weighted by molar-refractivity contribution is 5.27. The van der Waals surface area contributed by atoms with Crippen molar-refractivity contribution >= 4 is 0 Å². The summed E-state index contributed by atoms with van der Waals surface area (Å²) in [5.74, 6) is 0.